The number of carbonyl (C=O) groups is 2. The lowest BCUT2D eigenvalue weighted by molar-refractivity contribution is -0.118. The number of amides is 2. The maximum Gasteiger partial charge on any atom is 0.237 e. The number of halogens is 1. The van der Waals surface area contributed by atoms with E-state index in [4.69, 9.17) is 5.73 Å². The van der Waals surface area contributed by atoms with E-state index >= 15 is 0 Å². The highest BCUT2D eigenvalue weighted by Crippen LogP contribution is 2.40. The van der Waals surface area contributed by atoms with Crippen molar-refractivity contribution >= 4 is 29.3 Å². The zero-order valence-corrected chi connectivity index (χ0v) is 15.9. The van der Waals surface area contributed by atoms with Crippen molar-refractivity contribution in [1.82, 2.24) is 14.8 Å². The minimum absolute atomic E-state index is 0.105. The second-order valence-corrected chi connectivity index (χ2v) is 7.33. The molecule has 1 heterocycles. The molecule has 2 aromatic rings. The Hall–Kier alpha value is -2.42. The van der Waals surface area contributed by atoms with Crippen LogP contribution < -0.4 is 10.6 Å². The quantitative estimate of drug-likeness (QED) is 0.662. The van der Waals surface area contributed by atoms with E-state index < -0.39 is 0 Å². The van der Waals surface area contributed by atoms with Crippen LogP contribution in [0.5, 0.6) is 0 Å². The van der Waals surface area contributed by atoms with Gasteiger partial charge in [0.25, 0.3) is 0 Å². The molecule has 144 valence electrons. The molecule has 1 aliphatic carbocycles. The highest BCUT2D eigenvalue weighted by atomic mass is 32.2. The molecule has 2 amide bonds. The summed E-state index contributed by atoms with van der Waals surface area (Å²) in [6.07, 6.45) is 2.33. The molecule has 0 saturated heterocycles. The number of benzene rings is 1. The van der Waals surface area contributed by atoms with Crippen molar-refractivity contribution in [3.63, 3.8) is 0 Å². The van der Waals surface area contributed by atoms with Crippen LogP contribution >= 0.6 is 11.8 Å². The van der Waals surface area contributed by atoms with Gasteiger partial charge < -0.3 is 15.2 Å². The molecule has 1 aliphatic rings. The van der Waals surface area contributed by atoms with E-state index in [9.17, 15) is 14.0 Å². The van der Waals surface area contributed by atoms with Gasteiger partial charge in [-0.05, 0) is 44.0 Å². The zero-order chi connectivity index (χ0) is 19.4. The highest BCUT2D eigenvalue weighted by molar-refractivity contribution is 7.99. The lowest BCUT2D eigenvalue weighted by Crippen LogP contribution is -2.32. The van der Waals surface area contributed by atoms with Crippen molar-refractivity contribution in [2.24, 2.45) is 5.73 Å². The van der Waals surface area contributed by atoms with Gasteiger partial charge in [-0.2, -0.15) is 0 Å². The minimum atomic E-state index is -0.383. The van der Waals surface area contributed by atoms with Crippen LogP contribution in [0.1, 0.15) is 37.9 Å². The number of thioether (sulfide) groups is 1. The van der Waals surface area contributed by atoms with E-state index in [-0.39, 0.29) is 29.8 Å². The number of carbonyl (C=O) groups excluding carboxylic acids is 2. The molecule has 0 spiro atoms. The molecular weight excluding hydrogens is 369 g/mol. The maximum atomic E-state index is 13.1. The van der Waals surface area contributed by atoms with Crippen LogP contribution in [0.15, 0.2) is 29.4 Å². The van der Waals surface area contributed by atoms with E-state index in [1.165, 1.54) is 23.9 Å². The predicted molar refractivity (Wildman–Crippen MR) is 101 cm³/mol. The number of nitrogens with two attached hydrogens (primary N) is 1. The van der Waals surface area contributed by atoms with Crippen LogP contribution in [0, 0.1) is 5.82 Å². The number of aromatic nitrogens is 3. The van der Waals surface area contributed by atoms with Gasteiger partial charge >= 0.3 is 0 Å². The zero-order valence-electron chi connectivity index (χ0n) is 15.1. The molecular formula is C18H22FN5O2S. The summed E-state index contributed by atoms with van der Waals surface area (Å²) < 4.78 is 15.0. The molecule has 3 rings (SSSR count). The molecule has 7 nitrogen and oxygen atoms in total. The molecule has 0 aliphatic heterocycles. The van der Waals surface area contributed by atoms with Crippen molar-refractivity contribution in [2.45, 2.75) is 43.8 Å². The molecule has 1 aromatic carbocycles. The molecule has 1 aromatic heterocycles. The first kappa shape index (κ1) is 19.3. The molecule has 27 heavy (non-hydrogen) atoms. The van der Waals surface area contributed by atoms with Gasteiger partial charge in [0.05, 0.1) is 5.75 Å². The average molecular weight is 391 g/mol. The fourth-order valence-corrected chi connectivity index (χ4v) is 3.66. The fraction of sp³-hybridized carbons (Fsp3) is 0.444. The first-order chi connectivity index (χ1) is 13.0. The summed E-state index contributed by atoms with van der Waals surface area (Å²) in [4.78, 5) is 25.4. The summed E-state index contributed by atoms with van der Waals surface area (Å²) in [7, 11) is 0. The van der Waals surface area contributed by atoms with Crippen molar-refractivity contribution in [3.05, 3.63) is 35.9 Å². The van der Waals surface area contributed by atoms with Crippen LogP contribution in [0.2, 0.25) is 0 Å². The molecule has 1 saturated carbocycles. The van der Waals surface area contributed by atoms with Crippen LogP contribution in [-0.2, 0) is 16.1 Å². The fourth-order valence-electron chi connectivity index (χ4n) is 2.81. The first-order valence-corrected chi connectivity index (χ1v) is 9.88. The summed E-state index contributed by atoms with van der Waals surface area (Å²) in [5, 5.41) is 9.05. The summed E-state index contributed by atoms with van der Waals surface area (Å²) in [5.74, 6) is 0.577. The van der Waals surface area contributed by atoms with Gasteiger partial charge in [-0.25, -0.2) is 4.39 Å². The molecule has 0 radical (unpaired) electrons. The largest absolute Gasteiger partial charge is 0.370 e. The molecule has 9 heteroatoms. The summed E-state index contributed by atoms with van der Waals surface area (Å²) in [6.45, 7) is 2.76. The SMILES string of the molecule is CCN(C(=O)CSc1nnc(C2CC2)n1CCC(N)=O)c1ccc(F)cc1. The Bertz CT molecular complexity index is 820. The van der Waals surface area contributed by atoms with Crippen molar-refractivity contribution in [1.29, 1.82) is 0 Å². The first-order valence-electron chi connectivity index (χ1n) is 8.89. The van der Waals surface area contributed by atoms with Gasteiger partial charge in [-0.3, -0.25) is 9.59 Å². The molecule has 0 unspecified atom stereocenters. The molecule has 2 N–H and O–H groups in total. The normalized spacial score (nSPS) is 13.6. The molecule has 0 bridgehead atoms. The minimum Gasteiger partial charge on any atom is -0.370 e. The third kappa shape index (κ3) is 4.85. The van der Waals surface area contributed by atoms with Crippen LogP contribution in [-0.4, -0.2) is 38.9 Å². The van der Waals surface area contributed by atoms with Crippen molar-refractivity contribution in [2.75, 3.05) is 17.2 Å². The molecule has 1 fully saturated rings. The number of rotatable bonds is 9. The van der Waals surface area contributed by atoms with Crippen molar-refractivity contribution in [3.8, 4) is 0 Å². The van der Waals surface area contributed by atoms with E-state index in [0.29, 0.717) is 29.9 Å². The predicted octanol–water partition coefficient (Wildman–Crippen LogP) is 2.32. The molecule has 0 atom stereocenters. The summed E-state index contributed by atoms with van der Waals surface area (Å²) in [5.41, 5.74) is 5.92. The Labute approximate surface area is 161 Å². The Morgan fingerprint density at radius 2 is 2.00 bits per heavy atom. The number of primary amides is 1. The Balaban J connectivity index is 1.68. The van der Waals surface area contributed by atoms with Gasteiger partial charge in [-0.15, -0.1) is 10.2 Å². The lowest BCUT2D eigenvalue weighted by atomic mass is 10.3. The number of hydrogen-bond donors (Lipinski definition) is 1. The second-order valence-electron chi connectivity index (χ2n) is 6.39. The average Bonchev–Trinajstić information content (AvgIpc) is 3.41. The van der Waals surface area contributed by atoms with Crippen LogP contribution in [0.3, 0.4) is 0 Å². The lowest BCUT2D eigenvalue weighted by Gasteiger charge is -2.20. The third-order valence-electron chi connectivity index (χ3n) is 4.35. The van der Waals surface area contributed by atoms with Crippen LogP contribution in [0.4, 0.5) is 10.1 Å². The van der Waals surface area contributed by atoms with Gasteiger partial charge in [-0.1, -0.05) is 11.8 Å². The maximum absolute atomic E-state index is 13.1. The summed E-state index contributed by atoms with van der Waals surface area (Å²) in [6, 6.07) is 5.84. The van der Waals surface area contributed by atoms with Crippen LogP contribution in [0.25, 0.3) is 0 Å². The smallest absolute Gasteiger partial charge is 0.237 e. The standard InChI is InChI=1S/C18H22FN5O2S/c1-2-23(14-7-5-13(19)6-8-14)16(26)11-27-18-22-21-17(12-3-4-12)24(18)10-9-15(20)25/h5-8,12H,2-4,9-11H2,1H3,(H2,20,25). The van der Waals surface area contributed by atoms with Gasteiger partial charge in [0.1, 0.15) is 11.6 Å². The third-order valence-corrected chi connectivity index (χ3v) is 5.30. The number of hydrogen-bond acceptors (Lipinski definition) is 5. The summed E-state index contributed by atoms with van der Waals surface area (Å²) >= 11 is 1.29. The van der Waals surface area contributed by atoms with Gasteiger partial charge in [0.15, 0.2) is 5.16 Å². The Morgan fingerprint density at radius 3 is 2.59 bits per heavy atom. The van der Waals surface area contributed by atoms with E-state index in [1.54, 1.807) is 17.0 Å². The Morgan fingerprint density at radius 1 is 1.30 bits per heavy atom. The van der Waals surface area contributed by atoms with Gasteiger partial charge in [0, 0.05) is 31.1 Å². The van der Waals surface area contributed by atoms with E-state index in [2.05, 4.69) is 10.2 Å². The van der Waals surface area contributed by atoms with E-state index in [1.807, 2.05) is 11.5 Å². The topological polar surface area (TPSA) is 94.1 Å². The number of nitrogens with zero attached hydrogens (tertiary/aromatic N) is 4. The monoisotopic (exact) mass is 391 g/mol. The van der Waals surface area contributed by atoms with Crippen molar-refractivity contribution < 1.29 is 14.0 Å². The highest BCUT2D eigenvalue weighted by Gasteiger charge is 2.30. The second kappa shape index (κ2) is 8.51. The van der Waals surface area contributed by atoms with E-state index in [0.717, 1.165) is 18.7 Å². The Kier molecular flexibility index (Phi) is 6.10. The van der Waals surface area contributed by atoms with Gasteiger partial charge in [0.2, 0.25) is 11.8 Å². The number of anilines is 1.